The largest absolute Gasteiger partial charge is 0.447 e. The van der Waals surface area contributed by atoms with Gasteiger partial charge in [-0.05, 0) is 17.0 Å². The zero-order valence-electron chi connectivity index (χ0n) is 13.6. The highest BCUT2D eigenvalue weighted by atomic mass is 32.1. The van der Waals surface area contributed by atoms with Crippen LogP contribution in [0.2, 0.25) is 0 Å². The molecule has 2 rings (SSSR count). The molecule has 2 aromatic rings. The lowest BCUT2D eigenvalue weighted by atomic mass is 10.2. The molecule has 0 N–H and O–H groups in total. The maximum Gasteiger partial charge on any atom is 0.409 e. The summed E-state index contributed by atoms with van der Waals surface area (Å²) < 4.78 is 10.6. The van der Waals surface area contributed by atoms with E-state index in [0.29, 0.717) is 24.6 Å². The van der Waals surface area contributed by atoms with Crippen LogP contribution in [-0.2, 0) is 16.1 Å². The molecule has 0 bridgehead atoms. The third-order valence-corrected chi connectivity index (χ3v) is 4.26. The quantitative estimate of drug-likeness (QED) is 0.514. The van der Waals surface area contributed by atoms with Crippen molar-refractivity contribution in [3.8, 4) is 0 Å². The molecule has 6 heteroatoms. The lowest BCUT2D eigenvalue weighted by Crippen LogP contribution is -2.30. The lowest BCUT2D eigenvalue weighted by Gasteiger charge is -2.16. The SMILES string of the molecule is CN(CCC(=O)c1cccs1)C(=O)OCCOCc1ccccc1. The average Bonchev–Trinajstić information content (AvgIpc) is 3.14. The van der Waals surface area contributed by atoms with Crippen molar-refractivity contribution in [2.45, 2.75) is 13.0 Å². The van der Waals surface area contributed by atoms with Crippen molar-refractivity contribution in [1.29, 1.82) is 0 Å². The maximum absolute atomic E-state index is 11.9. The normalized spacial score (nSPS) is 10.4. The van der Waals surface area contributed by atoms with E-state index < -0.39 is 6.09 Å². The predicted molar refractivity (Wildman–Crippen MR) is 93.3 cm³/mol. The molecule has 0 radical (unpaired) electrons. The number of hydrogen-bond donors (Lipinski definition) is 0. The molecule has 0 atom stereocenters. The summed E-state index contributed by atoms with van der Waals surface area (Å²) in [6, 6.07) is 13.4. The van der Waals surface area contributed by atoms with E-state index in [1.165, 1.54) is 16.2 Å². The number of amides is 1. The Morgan fingerprint density at radius 3 is 2.58 bits per heavy atom. The molecule has 1 aromatic heterocycles. The van der Waals surface area contributed by atoms with Crippen LogP contribution in [0.1, 0.15) is 21.7 Å². The number of Topliss-reactive ketones (excluding diaryl/α,β-unsaturated/α-hetero) is 1. The number of nitrogens with zero attached hydrogens (tertiary/aromatic N) is 1. The number of ether oxygens (including phenoxy) is 2. The van der Waals surface area contributed by atoms with Crippen LogP contribution in [0.4, 0.5) is 4.79 Å². The van der Waals surface area contributed by atoms with Gasteiger partial charge in [0.05, 0.1) is 18.1 Å². The minimum atomic E-state index is -0.447. The van der Waals surface area contributed by atoms with E-state index in [4.69, 9.17) is 9.47 Å². The fourth-order valence-corrected chi connectivity index (χ4v) is 2.68. The molecule has 5 nitrogen and oxygen atoms in total. The van der Waals surface area contributed by atoms with E-state index >= 15 is 0 Å². The first kappa shape index (κ1) is 18.2. The minimum Gasteiger partial charge on any atom is -0.447 e. The number of carbonyl (C=O) groups is 2. The molecule has 0 spiro atoms. The third kappa shape index (κ3) is 6.14. The summed E-state index contributed by atoms with van der Waals surface area (Å²) in [5, 5.41) is 1.86. The molecule has 1 aromatic carbocycles. The second kappa shape index (κ2) is 9.85. The van der Waals surface area contributed by atoms with Gasteiger partial charge >= 0.3 is 6.09 Å². The van der Waals surface area contributed by atoms with Crippen LogP contribution >= 0.6 is 11.3 Å². The van der Waals surface area contributed by atoms with Gasteiger partial charge in [0.1, 0.15) is 6.61 Å². The van der Waals surface area contributed by atoms with Crippen molar-refractivity contribution >= 4 is 23.2 Å². The molecule has 0 saturated heterocycles. The molecule has 0 saturated carbocycles. The highest BCUT2D eigenvalue weighted by Gasteiger charge is 2.13. The Labute approximate surface area is 145 Å². The zero-order valence-corrected chi connectivity index (χ0v) is 14.5. The first-order valence-electron chi connectivity index (χ1n) is 7.73. The molecule has 0 fully saturated rings. The molecule has 0 unspecified atom stereocenters. The molecular weight excluding hydrogens is 326 g/mol. The standard InChI is InChI=1S/C18H21NO4S/c1-19(10-9-16(20)17-8-5-13-24-17)18(21)23-12-11-22-14-15-6-3-2-4-7-15/h2-8,13H,9-12,14H2,1H3. The van der Waals surface area contributed by atoms with Crippen molar-refractivity contribution in [2.24, 2.45) is 0 Å². The van der Waals surface area contributed by atoms with Crippen molar-refractivity contribution in [2.75, 3.05) is 26.8 Å². The van der Waals surface area contributed by atoms with E-state index in [-0.39, 0.29) is 18.8 Å². The Balaban J connectivity index is 1.57. The Hall–Kier alpha value is -2.18. The number of benzene rings is 1. The highest BCUT2D eigenvalue weighted by Crippen LogP contribution is 2.11. The smallest absolute Gasteiger partial charge is 0.409 e. The van der Waals surface area contributed by atoms with Crippen LogP contribution in [0.15, 0.2) is 47.8 Å². The molecule has 0 aliphatic heterocycles. The Morgan fingerprint density at radius 1 is 1.08 bits per heavy atom. The molecule has 24 heavy (non-hydrogen) atoms. The summed E-state index contributed by atoms with van der Waals surface area (Å²) in [5.41, 5.74) is 1.08. The van der Waals surface area contributed by atoms with E-state index in [2.05, 4.69) is 0 Å². The monoisotopic (exact) mass is 347 g/mol. The van der Waals surface area contributed by atoms with Crippen molar-refractivity contribution in [3.63, 3.8) is 0 Å². The van der Waals surface area contributed by atoms with Gasteiger partial charge in [-0.2, -0.15) is 0 Å². The van der Waals surface area contributed by atoms with Gasteiger partial charge in [-0.25, -0.2) is 4.79 Å². The molecule has 1 amide bonds. The zero-order chi connectivity index (χ0) is 17.2. The molecule has 0 aliphatic carbocycles. The van der Waals surface area contributed by atoms with Gasteiger partial charge in [0.2, 0.25) is 0 Å². The van der Waals surface area contributed by atoms with Gasteiger partial charge in [0, 0.05) is 20.0 Å². The van der Waals surface area contributed by atoms with E-state index in [0.717, 1.165) is 5.56 Å². The average molecular weight is 347 g/mol. The molecule has 0 aliphatic rings. The number of hydrogen-bond acceptors (Lipinski definition) is 5. The maximum atomic E-state index is 11.9. The lowest BCUT2D eigenvalue weighted by molar-refractivity contribution is 0.0519. The molecule has 128 valence electrons. The van der Waals surface area contributed by atoms with Crippen LogP contribution in [-0.4, -0.2) is 43.6 Å². The summed E-state index contributed by atoms with van der Waals surface area (Å²) in [6.07, 6.45) is -0.159. The predicted octanol–water partition coefficient (Wildman–Crippen LogP) is 3.61. The fourth-order valence-electron chi connectivity index (χ4n) is 1.98. The first-order valence-corrected chi connectivity index (χ1v) is 8.61. The van der Waals surface area contributed by atoms with Gasteiger partial charge in [0.25, 0.3) is 0 Å². The summed E-state index contributed by atoms with van der Waals surface area (Å²) in [5.74, 6) is 0.0378. The Bertz CT molecular complexity index is 628. The van der Waals surface area contributed by atoms with Crippen LogP contribution in [0, 0.1) is 0 Å². The summed E-state index contributed by atoms with van der Waals surface area (Å²) >= 11 is 1.41. The van der Waals surface area contributed by atoms with E-state index in [9.17, 15) is 9.59 Å². The third-order valence-electron chi connectivity index (χ3n) is 3.35. The number of carbonyl (C=O) groups excluding carboxylic acids is 2. The van der Waals surface area contributed by atoms with Crippen LogP contribution in [0.25, 0.3) is 0 Å². The second-order valence-corrected chi connectivity index (χ2v) is 6.17. The second-order valence-electron chi connectivity index (χ2n) is 5.22. The van der Waals surface area contributed by atoms with Crippen molar-refractivity contribution in [3.05, 3.63) is 58.3 Å². The van der Waals surface area contributed by atoms with E-state index in [1.807, 2.05) is 41.8 Å². The Morgan fingerprint density at radius 2 is 1.88 bits per heavy atom. The van der Waals surface area contributed by atoms with Gasteiger partial charge in [-0.3, -0.25) is 4.79 Å². The number of rotatable bonds is 9. The molecule has 1 heterocycles. The van der Waals surface area contributed by atoms with Crippen LogP contribution in [0.3, 0.4) is 0 Å². The van der Waals surface area contributed by atoms with Crippen LogP contribution in [0.5, 0.6) is 0 Å². The number of ketones is 1. The first-order chi connectivity index (χ1) is 11.7. The van der Waals surface area contributed by atoms with Gasteiger partial charge < -0.3 is 14.4 Å². The number of thiophene rings is 1. The van der Waals surface area contributed by atoms with Crippen molar-refractivity contribution in [1.82, 2.24) is 4.90 Å². The summed E-state index contributed by atoms with van der Waals surface area (Å²) in [6.45, 7) is 1.35. The van der Waals surface area contributed by atoms with Gasteiger partial charge in [-0.1, -0.05) is 36.4 Å². The van der Waals surface area contributed by atoms with Gasteiger partial charge in [0.15, 0.2) is 5.78 Å². The summed E-state index contributed by atoms with van der Waals surface area (Å²) in [4.78, 5) is 25.8. The van der Waals surface area contributed by atoms with Gasteiger partial charge in [-0.15, -0.1) is 11.3 Å². The fraction of sp³-hybridized carbons (Fsp3) is 0.333. The minimum absolute atomic E-state index is 0.0378. The van der Waals surface area contributed by atoms with Crippen LogP contribution < -0.4 is 0 Å². The summed E-state index contributed by atoms with van der Waals surface area (Å²) in [7, 11) is 1.62. The van der Waals surface area contributed by atoms with E-state index in [1.54, 1.807) is 13.1 Å². The van der Waals surface area contributed by atoms with Crippen molar-refractivity contribution < 1.29 is 19.1 Å². The Kier molecular flexibility index (Phi) is 7.45. The molecular formula is C18H21NO4S. The topological polar surface area (TPSA) is 55.8 Å². The highest BCUT2D eigenvalue weighted by molar-refractivity contribution is 7.12.